The van der Waals surface area contributed by atoms with Crippen LogP contribution in [0, 0.1) is 13.8 Å². The van der Waals surface area contributed by atoms with Gasteiger partial charge in [0, 0.05) is 12.4 Å². The van der Waals surface area contributed by atoms with Crippen LogP contribution in [0.4, 0.5) is 23.0 Å². The smallest absolute Gasteiger partial charge is 0.296 e. The van der Waals surface area contributed by atoms with Gasteiger partial charge >= 0.3 is 0 Å². The zero-order chi connectivity index (χ0) is 36.3. The average molecular weight is 681 g/mol. The zero-order valence-electron chi connectivity index (χ0n) is 28.7. The minimum atomic E-state index is -4.71. The number of rotatable bonds is 5. The van der Waals surface area contributed by atoms with Crippen molar-refractivity contribution < 1.29 is 31.0 Å². The molecule has 46 heavy (non-hydrogen) atoms. The van der Waals surface area contributed by atoms with Gasteiger partial charge in [0.15, 0.2) is 5.75 Å². The Morgan fingerprint density at radius 3 is 1.65 bits per heavy atom. The number of hydrogen-bond donors (Lipinski definition) is 3. The Labute approximate surface area is 274 Å². The van der Waals surface area contributed by atoms with Crippen molar-refractivity contribution in [3.8, 4) is 5.75 Å². The number of benzene rings is 3. The molecule has 3 N–H and O–H groups in total. The fourth-order valence-electron chi connectivity index (χ4n) is 3.41. The lowest BCUT2D eigenvalue weighted by Crippen LogP contribution is -2.15. The predicted octanol–water partition coefficient (Wildman–Crippen LogP) is 8.39. The summed E-state index contributed by atoms with van der Waals surface area (Å²) in [5.74, 6) is 0.947. The third-order valence-corrected chi connectivity index (χ3v) is 5.73. The van der Waals surface area contributed by atoms with Gasteiger partial charge in [-0.2, -0.15) is 31.9 Å². The Kier molecular flexibility index (Phi) is 20.7. The van der Waals surface area contributed by atoms with Crippen LogP contribution in [-0.2, 0) is 20.2 Å². The summed E-state index contributed by atoms with van der Waals surface area (Å²) in [6, 6.07) is 14.9. The van der Waals surface area contributed by atoms with Crippen LogP contribution in [0.25, 0.3) is 10.8 Å². The van der Waals surface area contributed by atoms with Crippen molar-refractivity contribution >= 4 is 54.0 Å². The predicted molar refractivity (Wildman–Crippen MR) is 186 cm³/mol. The monoisotopic (exact) mass is 680 g/mol. The molecular formula is C31H48N6O7S2. The molecule has 0 aliphatic heterocycles. The second kappa shape index (κ2) is 21.6. The highest BCUT2D eigenvalue weighted by Gasteiger charge is 2.24. The third-order valence-electron chi connectivity index (χ3n) is 4.86. The third kappa shape index (κ3) is 14.4. The molecule has 15 heteroatoms. The van der Waals surface area contributed by atoms with Gasteiger partial charge in [0.2, 0.25) is 5.95 Å². The molecule has 0 spiro atoms. The number of azo groups is 1. The molecule has 0 saturated carbocycles. The number of nitrogens with zero attached hydrogens (tertiary/aromatic N) is 6. The van der Waals surface area contributed by atoms with E-state index < -0.39 is 30.9 Å². The number of phenolic OH excluding ortho intramolecular Hbond substituents is 1. The Morgan fingerprint density at radius 1 is 0.717 bits per heavy atom. The number of phenols is 1. The summed E-state index contributed by atoms with van der Waals surface area (Å²) < 4.78 is 59.8. The normalized spacial score (nSPS) is 10.3. The summed E-state index contributed by atoms with van der Waals surface area (Å²) in [5.41, 5.74) is 0.561. The summed E-state index contributed by atoms with van der Waals surface area (Å²) in [6.07, 6.45) is 0.715. The van der Waals surface area contributed by atoms with Crippen LogP contribution in [0.2, 0.25) is 0 Å². The first kappa shape index (κ1) is 44.1. The van der Waals surface area contributed by atoms with Crippen LogP contribution in [0.3, 0.4) is 0 Å². The van der Waals surface area contributed by atoms with Gasteiger partial charge < -0.3 is 10.0 Å². The van der Waals surface area contributed by atoms with Gasteiger partial charge in [-0.25, -0.2) is 4.98 Å². The summed E-state index contributed by atoms with van der Waals surface area (Å²) in [4.78, 5) is 14.0. The fraction of sp³-hybridized carbons (Fsp3) is 0.387. The molecular weight excluding hydrogens is 633 g/mol. The van der Waals surface area contributed by atoms with Crippen LogP contribution in [-0.4, -0.2) is 59.3 Å². The van der Waals surface area contributed by atoms with E-state index in [4.69, 9.17) is 4.55 Å². The molecule has 0 atom stereocenters. The second-order valence-corrected chi connectivity index (χ2v) is 10.8. The van der Waals surface area contributed by atoms with E-state index in [1.807, 2.05) is 55.4 Å². The number of anilines is 2. The van der Waals surface area contributed by atoms with E-state index in [9.17, 15) is 26.5 Å². The maximum absolute atomic E-state index is 12.1. The highest BCUT2D eigenvalue weighted by Crippen LogP contribution is 2.45. The van der Waals surface area contributed by atoms with E-state index >= 15 is 0 Å². The van der Waals surface area contributed by atoms with E-state index in [1.165, 1.54) is 6.07 Å². The van der Waals surface area contributed by atoms with Crippen LogP contribution in [0.15, 0.2) is 69.7 Å². The molecule has 4 aromatic rings. The largest absolute Gasteiger partial charge is 0.505 e. The minimum absolute atomic E-state index is 0.296. The van der Waals surface area contributed by atoms with E-state index in [-0.39, 0.29) is 5.69 Å². The molecule has 0 aliphatic rings. The Morgan fingerprint density at radius 2 is 1.20 bits per heavy atom. The maximum Gasteiger partial charge on any atom is 0.296 e. The van der Waals surface area contributed by atoms with Gasteiger partial charge in [-0.3, -0.25) is 9.11 Å². The van der Waals surface area contributed by atoms with Gasteiger partial charge in [-0.1, -0.05) is 85.7 Å². The SMILES string of the molecule is CC.CC.CC.CC.CS(=O)(=O)O.Cc1nc(C)nc(N(C)c2cccc3cc(S(=O)(=O)O)c(N=Nc4ccccc4)c(O)c23)n1. The van der Waals surface area contributed by atoms with Crippen molar-refractivity contribution in [1.29, 1.82) is 0 Å². The zero-order valence-corrected chi connectivity index (χ0v) is 30.3. The van der Waals surface area contributed by atoms with E-state index in [0.29, 0.717) is 46.0 Å². The van der Waals surface area contributed by atoms with Crippen LogP contribution < -0.4 is 4.90 Å². The molecule has 4 rings (SSSR count). The van der Waals surface area contributed by atoms with Gasteiger partial charge in [0.05, 0.1) is 17.6 Å². The molecule has 0 bridgehead atoms. The van der Waals surface area contributed by atoms with Crippen molar-refractivity contribution in [2.45, 2.75) is 74.1 Å². The lowest BCUT2D eigenvalue weighted by Gasteiger charge is -2.21. The van der Waals surface area contributed by atoms with Crippen LogP contribution in [0.1, 0.15) is 67.0 Å². The van der Waals surface area contributed by atoms with Crippen molar-refractivity contribution in [2.24, 2.45) is 10.2 Å². The van der Waals surface area contributed by atoms with Crippen molar-refractivity contribution in [3.05, 3.63) is 66.2 Å². The van der Waals surface area contributed by atoms with Crippen LogP contribution in [0.5, 0.6) is 5.75 Å². The van der Waals surface area contributed by atoms with Crippen molar-refractivity contribution in [2.75, 3.05) is 18.2 Å². The Bertz CT molecular complexity index is 1710. The van der Waals surface area contributed by atoms with Crippen LogP contribution >= 0.6 is 0 Å². The molecule has 0 aliphatic carbocycles. The lowest BCUT2D eigenvalue weighted by molar-refractivity contribution is 0.472. The molecule has 0 radical (unpaired) electrons. The molecule has 1 heterocycles. The summed E-state index contributed by atoms with van der Waals surface area (Å²) in [6.45, 7) is 19.5. The number of aromatic hydroxyl groups is 1. The number of fused-ring (bicyclic) bond motifs is 1. The van der Waals surface area contributed by atoms with E-state index in [0.717, 1.165) is 0 Å². The standard InChI is InChI=1S/C22H20N6O4S.4C2H6.CH4O3S/c1-13-23-14(2)25-22(24-13)28(3)17-11-7-8-15-12-18(33(30,31)32)20(21(29)19(15)17)27-26-16-9-5-4-6-10-16;4*1-2;1-5(2,3)4/h4-12,29H,1-3H3,(H,30,31,32);4*1-2H3;1H3,(H,2,3,4). The number of aromatic nitrogens is 3. The first-order valence-corrected chi connectivity index (χ1v) is 18.0. The summed E-state index contributed by atoms with van der Waals surface area (Å²) >= 11 is 0. The van der Waals surface area contributed by atoms with Gasteiger partial charge in [0.25, 0.3) is 20.2 Å². The number of hydrogen-bond acceptors (Lipinski definition) is 11. The number of aryl methyl sites for hydroxylation is 2. The lowest BCUT2D eigenvalue weighted by atomic mass is 10.1. The molecule has 0 amide bonds. The van der Waals surface area contributed by atoms with Gasteiger partial charge in [-0.05, 0) is 43.5 Å². The van der Waals surface area contributed by atoms with E-state index in [1.54, 1.807) is 74.3 Å². The minimum Gasteiger partial charge on any atom is -0.505 e. The van der Waals surface area contributed by atoms with Crippen molar-refractivity contribution in [1.82, 2.24) is 15.0 Å². The first-order chi connectivity index (χ1) is 21.6. The molecule has 13 nitrogen and oxygen atoms in total. The molecule has 3 aromatic carbocycles. The Hall–Kier alpha value is -4.05. The molecule has 0 unspecified atom stereocenters. The topological polar surface area (TPSA) is 196 Å². The van der Waals surface area contributed by atoms with Crippen molar-refractivity contribution in [3.63, 3.8) is 0 Å². The molecule has 0 saturated heterocycles. The molecule has 256 valence electrons. The highest BCUT2D eigenvalue weighted by atomic mass is 32.2. The maximum atomic E-state index is 12.1. The molecule has 0 fully saturated rings. The highest BCUT2D eigenvalue weighted by molar-refractivity contribution is 7.86. The fourth-order valence-corrected chi connectivity index (χ4v) is 4.07. The average Bonchev–Trinajstić information content (AvgIpc) is 3.02. The first-order valence-electron chi connectivity index (χ1n) is 14.7. The van der Waals surface area contributed by atoms with Gasteiger partial charge in [0.1, 0.15) is 22.2 Å². The quantitative estimate of drug-likeness (QED) is 0.135. The van der Waals surface area contributed by atoms with E-state index in [2.05, 4.69) is 25.2 Å². The second-order valence-electron chi connectivity index (χ2n) is 7.98. The van der Waals surface area contributed by atoms with Gasteiger partial charge in [-0.15, -0.1) is 5.11 Å². The Balaban J connectivity index is 0. The molecule has 1 aromatic heterocycles. The summed E-state index contributed by atoms with van der Waals surface area (Å²) in [5, 5.41) is 19.8. The summed E-state index contributed by atoms with van der Waals surface area (Å²) in [7, 11) is -6.66.